The van der Waals surface area contributed by atoms with E-state index < -0.39 is 0 Å². The summed E-state index contributed by atoms with van der Waals surface area (Å²) in [4.78, 5) is 16.8. The molecule has 0 saturated heterocycles. The first-order chi connectivity index (χ1) is 13.2. The number of benzene rings is 1. The van der Waals surface area contributed by atoms with Crippen molar-refractivity contribution in [3.05, 3.63) is 59.4 Å². The molecule has 0 radical (unpaired) electrons. The zero-order valence-corrected chi connectivity index (χ0v) is 15.9. The Kier molecular flexibility index (Phi) is 6.59. The van der Waals surface area contributed by atoms with E-state index in [1.54, 1.807) is 6.20 Å². The van der Waals surface area contributed by atoms with E-state index in [9.17, 15) is 4.79 Å². The molecule has 0 spiro atoms. The SMILES string of the molecule is CC[C@H]1CC[C@H](C(=O)Oc2ccc(CCc3ccc(C#N)cc3)nc2)CC1. The van der Waals surface area contributed by atoms with E-state index in [-0.39, 0.29) is 11.9 Å². The standard InChI is InChI=1S/C23H26N2O2/c1-2-17-7-10-20(11-8-17)23(26)27-22-14-13-21(25-16-22)12-9-18-3-5-19(15-24)6-4-18/h3-6,13-14,16-17,20H,2,7-12H2,1H3/t17-,20-. The Hall–Kier alpha value is -2.67. The smallest absolute Gasteiger partial charge is 0.314 e. The highest BCUT2D eigenvalue weighted by Gasteiger charge is 2.27. The van der Waals surface area contributed by atoms with Crippen LogP contribution in [0.25, 0.3) is 0 Å². The summed E-state index contributed by atoms with van der Waals surface area (Å²) >= 11 is 0. The van der Waals surface area contributed by atoms with Crippen LogP contribution in [0.2, 0.25) is 0 Å². The second kappa shape index (κ2) is 9.32. The first-order valence-electron chi connectivity index (χ1n) is 9.83. The van der Waals surface area contributed by atoms with Crippen molar-refractivity contribution in [2.45, 2.75) is 51.9 Å². The van der Waals surface area contributed by atoms with Gasteiger partial charge in [0.2, 0.25) is 0 Å². The number of nitriles is 1. The van der Waals surface area contributed by atoms with Crippen LogP contribution in [0.5, 0.6) is 5.75 Å². The van der Waals surface area contributed by atoms with Crippen LogP contribution in [0.15, 0.2) is 42.6 Å². The number of nitrogens with zero attached hydrogens (tertiary/aromatic N) is 2. The van der Waals surface area contributed by atoms with Crippen molar-refractivity contribution in [3.8, 4) is 11.8 Å². The molecule has 0 bridgehead atoms. The average Bonchev–Trinajstić information content (AvgIpc) is 2.73. The number of hydrogen-bond donors (Lipinski definition) is 0. The van der Waals surface area contributed by atoms with E-state index in [0.717, 1.165) is 50.1 Å². The number of carbonyl (C=O) groups is 1. The molecule has 0 amide bonds. The topological polar surface area (TPSA) is 63.0 Å². The predicted octanol–water partition coefficient (Wildman–Crippen LogP) is 4.86. The minimum atomic E-state index is -0.114. The van der Waals surface area contributed by atoms with Crippen molar-refractivity contribution in [2.75, 3.05) is 0 Å². The quantitative estimate of drug-likeness (QED) is 0.688. The van der Waals surface area contributed by atoms with Crippen LogP contribution in [0, 0.1) is 23.2 Å². The second-order valence-electron chi connectivity index (χ2n) is 7.34. The Labute approximate surface area is 161 Å². The summed E-state index contributed by atoms with van der Waals surface area (Å²) < 4.78 is 5.53. The number of ether oxygens (including phenoxy) is 1. The Morgan fingerprint density at radius 1 is 1.11 bits per heavy atom. The lowest BCUT2D eigenvalue weighted by molar-refractivity contribution is -0.140. The first kappa shape index (κ1) is 19.1. The third-order valence-corrected chi connectivity index (χ3v) is 5.53. The normalized spacial score (nSPS) is 19.3. The molecular weight excluding hydrogens is 336 g/mol. The number of hydrogen-bond acceptors (Lipinski definition) is 4. The molecule has 1 aliphatic carbocycles. The molecule has 1 aromatic carbocycles. The summed E-state index contributed by atoms with van der Waals surface area (Å²) in [5.74, 6) is 1.21. The fourth-order valence-electron chi connectivity index (χ4n) is 3.64. The van der Waals surface area contributed by atoms with Gasteiger partial charge in [0.1, 0.15) is 5.75 Å². The van der Waals surface area contributed by atoms with Gasteiger partial charge in [-0.05, 0) is 74.3 Å². The summed E-state index contributed by atoms with van der Waals surface area (Å²) in [5, 5.41) is 8.84. The maximum atomic E-state index is 12.3. The van der Waals surface area contributed by atoms with Crippen molar-refractivity contribution in [2.24, 2.45) is 11.8 Å². The monoisotopic (exact) mass is 362 g/mol. The minimum absolute atomic E-state index is 0.0314. The zero-order chi connectivity index (χ0) is 19.1. The van der Waals surface area contributed by atoms with Crippen LogP contribution >= 0.6 is 0 Å². The van der Waals surface area contributed by atoms with Crippen LogP contribution < -0.4 is 4.74 Å². The highest BCUT2D eigenvalue weighted by Crippen LogP contribution is 2.31. The lowest BCUT2D eigenvalue weighted by Gasteiger charge is -2.26. The molecule has 4 heteroatoms. The van der Waals surface area contributed by atoms with Crippen molar-refractivity contribution in [1.82, 2.24) is 4.98 Å². The minimum Gasteiger partial charge on any atom is -0.425 e. The third-order valence-electron chi connectivity index (χ3n) is 5.53. The van der Waals surface area contributed by atoms with Crippen molar-refractivity contribution in [3.63, 3.8) is 0 Å². The van der Waals surface area contributed by atoms with Crippen LogP contribution in [0.4, 0.5) is 0 Å². The Morgan fingerprint density at radius 2 is 1.85 bits per heavy atom. The van der Waals surface area contributed by atoms with E-state index in [4.69, 9.17) is 10.00 Å². The van der Waals surface area contributed by atoms with Crippen LogP contribution in [-0.2, 0) is 17.6 Å². The predicted molar refractivity (Wildman–Crippen MR) is 104 cm³/mol. The number of aryl methyl sites for hydroxylation is 2. The fourth-order valence-corrected chi connectivity index (χ4v) is 3.64. The molecule has 0 unspecified atom stereocenters. The number of esters is 1. The summed E-state index contributed by atoms with van der Waals surface area (Å²) in [6.45, 7) is 2.22. The summed E-state index contributed by atoms with van der Waals surface area (Å²) in [7, 11) is 0. The highest BCUT2D eigenvalue weighted by molar-refractivity contribution is 5.75. The van der Waals surface area contributed by atoms with Crippen molar-refractivity contribution < 1.29 is 9.53 Å². The van der Waals surface area contributed by atoms with Crippen molar-refractivity contribution in [1.29, 1.82) is 5.26 Å². The molecule has 1 saturated carbocycles. The lowest BCUT2D eigenvalue weighted by atomic mass is 9.81. The molecule has 1 fully saturated rings. The van der Waals surface area contributed by atoms with E-state index in [0.29, 0.717) is 11.3 Å². The lowest BCUT2D eigenvalue weighted by Crippen LogP contribution is -2.25. The highest BCUT2D eigenvalue weighted by atomic mass is 16.5. The van der Waals surface area contributed by atoms with Gasteiger partial charge in [-0.1, -0.05) is 25.5 Å². The molecule has 140 valence electrons. The average molecular weight is 362 g/mol. The van der Waals surface area contributed by atoms with Gasteiger partial charge in [0.05, 0.1) is 23.7 Å². The van der Waals surface area contributed by atoms with Gasteiger partial charge < -0.3 is 4.74 Å². The number of carbonyl (C=O) groups excluding carboxylic acids is 1. The largest absolute Gasteiger partial charge is 0.425 e. The van der Waals surface area contributed by atoms with E-state index in [2.05, 4.69) is 18.0 Å². The van der Waals surface area contributed by atoms with Crippen molar-refractivity contribution >= 4 is 5.97 Å². The molecule has 0 aliphatic heterocycles. The van der Waals surface area contributed by atoms with Gasteiger partial charge in [-0.15, -0.1) is 0 Å². The maximum absolute atomic E-state index is 12.3. The van der Waals surface area contributed by atoms with E-state index in [1.807, 2.05) is 36.4 Å². The van der Waals surface area contributed by atoms with Gasteiger partial charge in [-0.25, -0.2) is 0 Å². The van der Waals surface area contributed by atoms with Gasteiger partial charge in [-0.2, -0.15) is 5.26 Å². The molecule has 3 rings (SSSR count). The van der Waals surface area contributed by atoms with Gasteiger partial charge in [0.15, 0.2) is 0 Å². The molecule has 2 aromatic rings. The van der Waals surface area contributed by atoms with Crippen LogP contribution in [0.3, 0.4) is 0 Å². The first-order valence-corrected chi connectivity index (χ1v) is 9.83. The Balaban J connectivity index is 1.48. The summed E-state index contributed by atoms with van der Waals surface area (Å²) in [6.07, 6.45) is 8.64. The van der Waals surface area contributed by atoms with E-state index in [1.165, 1.54) is 12.0 Å². The molecule has 1 aromatic heterocycles. The summed E-state index contributed by atoms with van der Waals surface area (Å²) in [5.41, 5.74) is 2.81. The molecular formula is C23H26N2O2. The Morgan fingerprint density at radius 3 is 2.44 bits per heavy atom. The van der Waals surface area contributed by atoms with Gasteiger partial charge in [0, 0.05) is 5.69 Å². The fraction of sp³-hybridized carbons (Fsp3) is 0.435. The number of pyridine rings is 1. The third kappa shape index (κ3) is 5.40. The van der Waals surface area contributed by atoms with Crippen LogP contribution in [0.1, 0.15) is 55.8 Å². The zero-order valence-electron chi connectivity index (χ0n) is 15.9. The van der Waals surface area contributed by atoms with Gasteiger partial charge in [-0.3, -0.25) is 9.78 Å². The van der Waals surface area contributed by atoms with Gasteiger partial charge in [0.25, 0.3) is 0 Å². The summed E-state index contributed by atoms with van der Waals surface area (Å²) in [6, 6.07) is 13.5. The molecule has 4 nitrogen and oxygen atoms in total. The molecule has 0 atom stereocenters. The molecule has 27 heavy (non-hydrogen) atoms. The Bertz CT molecular complexity index is 783. The van der Waals surface area contributed by atoms with E-state index >= 15 is 0 Å². The second-order valence-corrected chi connectivity index (χ2v) is 7.34. The maximum Gasteiger partial charge on any atom is 0.314 e. The molecule has 1 aliphatic rings. The molecule has 0 N–H and O–H groups in total. The van der Waals surface area contributed by atoms with Gasteiger partial charge >= 0.3 is 5.97 Å². The number of rotatable bonds is 6. The number of aromatic nitrogens is 1. The molecule has 1 heterocycles. The van der Waals surface area contributed by atoms with Crippen LogP contribution in [-0.4, -0.2) is 11.0 Å².